The van der Waals surface area contributed by atoms with Crippen molar-refractivity contribution < 1.29 is 72.5 Å². The highest BCUT2D eigenvalue weighted by Crippen LogP contribution is 2.56. The van der Waals surface area contributed by atoms with E-state index in [0.29, 0.717) is 46.0 Å². The molecule has 12 rings (SSSR count). The zero-order valence-corrected chi connectivity index (χ0v) is 51.3. The Morgan fingerprint density at radius 1 is 0.258 bits per heavy atom. The number of phosphoric ester groups is 4. The van der Waals surface area contributed by atoms with Gasteiger partial charge in [0.05, 0.1) is 25.9 Å². The van der Waals surface area contributed by atoms with Gasteiger partial charge in [0.15, 0.2) is 0 Å². The molecule has 0 heterocycles. The molecular formula is C69H58O16P4. The van der Waals surface area contributed by atoms with Crippen molar-refractivity contribution in [1.82, 2.24) is 0 Å². The minimum Gasteiger partial charge on any atom is -0.395 e. The van der Waals surface area contributed by atoms with Gasteiger partial charge in [-0.2, -0.15) is 0 Å². The van der Waals surface area contributed by atoms with Crippen LogP contribution in [0.3, 0.4) is 0 Å². The molecule has 16 nitrogen and oxygen atoms in total. The second-order valence-electron chi connectivity index (χ2n) is 19.6. The van der Waals surface area contributed by atoms with Gasteiger partial charge in [-0.05, 0) is 101 Å². The second-order valence-corrected chi connectivity index (χ2v) is 25.6. The molecule has 0 N–H and O–H groups in total. The van der Waals surface area contributed by atoms with Crippen LogP contribution in [0.25, 0.3) is 43.1 Å². The molecule has 89 heavy (non-hydrogen) atoms. The molecule has 0 aliphatic carbocycles. The van der Waals surface area contributed by atoms with E-state index >= 15 is 0 Å². The maximum Gasteiger partial charge on any atom is 0.587 e. The van der Waals surface area contributed by atoms with Crippen molar-refractivity contribution in [3.05, 3.63) is 291 Å². The Bertz CT molecular complexity index is 4120. The van der Waals surface area contributed by atoms with Crippen molar-refractivity contribution in [3.63, 3.8) is 0 Å². The summed E-state index contributed by atoms with van der Waals surface area (Å²) in [4.78, 5) is 0. The minimum atomic E-state index is -4.46. The zero-order chi connectivity index (χ0) is 61.4. The SMILES string of the molecule is CC(COP(=O)(Oc1cccc2ccccc12)Oc1cccc2ccccc12)OP(=O)(Oc1cccc2ccccc12)Oc1cccc2ccccc12.O=P(OCCOP(=O)(Oc1ccccc1)Oc1ccccc1)(Oc1ccccc1)Oc1ccccc1. The van der Waals surface area contributed by atoms with E-state index in [-0.39, 0.29) is 19.8 Å². The van der Waals surface area contributed by atoms with Crippen molar-refractivity contribution in [1.29, 1.82) is 0 Å². The lowest BCUT2D eigenvalue weighted by Gasteiger charge is -2.25. The van der Waals surface area contributed by atoms with Crippen molar-refractivity contribution in [2.24, 2.45) is 0 Å². The summed E-state index contributed by atoms with van der Waals surface area (Å²) in [6, 6.07) is 86.0. The molecule has 12 aromatic carbocycles. The van der Waals surface area contributed by atoms with E-state index in [1.807, 2.05) is 121 Å². The van der Waals surface area contributed by atoms with Gasteiger partial charge >= 0.3 is 31.3 Å². The smallest absolute Gasteiger partial charge is 0.395 e. The van der Waals surface area contributed by atoms with Gasteiger partial charge in [0.1, 0.15) is 46.0 Å². The molecule has 0 spiro atoms. The normalized spacial score (nSPS) is 12.1. The molecule has 0 fully saturated rings. The first-order valence-corrected chi connectivity index (χ1v) is 33.9. The summed E-state index contributed by atoms with van der Waals surface area (Å²) in [6.45, 7) is 0.662. The van der Waals surface area contributed by atoms with Crippen molar-refractivity contribution in [3.8, 4) is 46.0 Å². The third-order valence-corrected chi connectivity index (χ3v) is 18.5. The number of benzene rings is 12. The summed E-state index contributed by atoms with van der Waals surface area (Å²) < 4.78 is 126. The van der Waals surface area contributed by atoms with Crippen LogP contribution in [0.5, 0.6) is 46.0 Å². The Kier molecular flexibility index (Phi) is 19.9. The van der Waals surface area contributed by atoms with Crippen LogP contribution in [0.15, 0.2) is 291 Å². The Morgan fingerprint density at radius 3 is 0.787 bits per heavy atom. The molecule has 450 valence electrons. The van der Waals surface area contributed by atoms with Gasteiger partial charge in [0.2, 0.25) is 0 Å². The summed E-state index contributed by atoms with van der Waals surface area (Å²) in [5.74, 6) is 2.42. The first-order chi connectivity index (χ1) is 43.4. The van der Waals surface area contributed by atoms with Crippen LogP contribution in [-0.4, -0.2) is 25.9 Å². The lowest BCUT2D eigenvalue weighted by molar-refractivity contribution is 0.0926. The fourth-order valence-corrected chi connectivity index (χ4v) is 14.2. The van der Waals surface area contributed by atoms with Crippen LogP contribution in [0.2, 0.25) is 0 Å². The summed E-state index contributed by atoms with van der Waals surface area (Å²) in [7, 11) is -17.2. The fourth-order valence-electron chi connectivity index (χ4n) is 9.05. The number of para-hydroxylation sites is 4. The predicted molar refractivity (Wildman–Crippen MR) is 345 cm³/mol. The lowest BCUT2D eigenvalue weighted by atomic mass is 10.1. The summed E-state index contributed by atoms with van der Waals surface area (Å²) in [5.41, 5.74) is 0. The zero-order valence-electron chi connectivity index (χ0n) is 47.7. The molecule has 0 aliphatic rings. The fraction of sp³-hybridized carbons (Fsp3) is 0.0725. The second kappa shape index (κ2) is 28.8. The van der Waals surface area contributed by atoms with Crippen molar-refractivity contribution >= 4 is 74.4 Å². The Balaban J connectivity index is 0.000000198. The van der Waals surface area contributed by atoms with Crippen LogP contribution < -0.4 is 36.2 Å². The van der Waals surface area contributed by atoms with Gasteiger partial charge in [-0.15, -0.1) is 0 Å². The molecule has 0 radical (unpaired) electrons. The number of phosphoric acid groups is 4. The van der Waals surface area contributed by atoms with Crippen LogP contribution >= 0.6 is 31.3 Å². The highest BCUT2D eigenvalue weighted by Gasteiger charge is 2.39. The molecule has 0 aliphatic heterocycles. The topological polar surface area (TPSA) is 179 Å². The van der Waals surface area contributed by atoms with Crippen molar-refractivity contribution in [2.75, 3.05) is 19.8 Å². The van der Waals surface area contributed by atoms with Crippen LogP contribution in [-0.2, 0) is 36.4 Å². The van der Waals surface area contributed by atoms with E-state index < -0.39 is 37.4 Å². The molecule has 0 saturated carbocycles. The Morgan fingerprint density at radius 2 is 0.494 bits per heavy atom. The Labute approximate surface area is 514 Å². The summed E-state index contributed by atoms with van der Waals surface area (Å²) >= 11 is 0. The van der Waals surface area contributed by atoms with Gasteiger partial charge < -0.3 is 36.2 Å². The highest BCUT2D eigenvalue weighted by atomic mass is 31.2. The molecule has 0 saturated heterocycles. The third-order valence-electron chi connectivity index (χ3n) is 13.0. The van der Waals surface area contributed by atoms with Gasteiger partial charge in [-0.1, -0.05) is 218 Å². The maximum atomic E-state index is 14.8. The van der Waals surface area contributed by atoms with E-state index in [4.69, 9.17) is 54.3 Å². The first-order valence-electron chi connectivity index (χ1n) is 28.1. The minimum absolute atomic E-state index is 0.294. The summed E-state index contributed by atoms with van der Waals surface area (Å²) in [6.07, 6.45) is -0.994. The average molecular weight is 1270 g/mol. The van der Waals surface area contributed by atoms with Crippen LogP contribution in [0.1, 0.15) is 6.92 Å². The van der Waals surface area contributed by atoms with E-state index in [2.05, 4.69) is 0 Å². The maximum absolute atomic E-state index is 14.8. The first kappa shape index (κ1) is 61.5. The van der Waals surface area contributed by atoms with E-state index in [1.54, 1.807) is 177 Å². The van der Waals surface area contributed by atoms with E-state index in [1.165, 1.54) is 0 Å². The molecule has 12 aromatic rings. The van der Waals surface area contributed by atoms with Gasteiger partial charge in [0.25, 0.3) is 0 Å². The van der Waals surface area contributed by atoms with E-state index in [9.17, 15) is 18.3 Å². The highest BCUT2D eigenvalue weighted by molar-refractivity contribution is 7.50. The van der Waals surface area contributed by atoms with Crippen LogP contribution in [0, 0.1) is 0 Å². The van der Waals surface area contributed by atoms with Crippen LogP contribution in [0.4, 0.5) is 0 Å². The molecular weight excluding hydrogens is 1210 g/mol. The summed E-state index contributed by atoms with van der Waals surface area (Å²) in [5, 5.41) is 6.43. The predicted octanol–water partition coefficient (Wildman–Crippen LogP) is 20.1. The number of hydrogen-bond acceptors (Lipinski definition) is 16. The average Bonchev–Trinajstić information content (AvgIpc) is 3.16. The monoisotopic (exact) mass is 1270 g/mol. The molecule has 0 aromatic heterocycles. The van der Waals surface area contributed by atoms with Gasteiger partial charge in [-0.3, -0.25) is 18.1 Å². The lowest BCUT2D eigenvalue weighted by Crippen LogP contribution is -2.19. The largest absolute Gasteiger partial charge is 0.587 e. The van der Waals surface area contributed by atoms with Crippen molar-refractivity contribution in [2.45, 2.75) is 13.0 Å². The number of hydrogen-bond donors (Lipinski definition) is 0. The number of fused-ring (bicyclic) bond motifs is 4. The van der Waals surface area contributed by atoms with E-state index in [0.717, 1.165) is 43.1 Å². The van der Waals surface area contributed by atoms with Gasteiger partial charge in [-0.25, -0.2) is 18.3 Å². The van der Waals surface area contributed by atoms with Gasteiger partial charge in [0, 0.05) is 21.5 Å². The molecule has 0 bridgehead atoms. The molecule has 1 atom stereocenters. The Hall–Kier alpha value is -9.16. The molecule has 20 heteroatoms. The third kappa shape index (κ3) is 16.7. The number of rotatable bonds is 26. The molecule has 1 unspecified atom stereocenters. The quantitative estimate of drug-likeness (QED) is 0.0369. The molecule has 0 amide bonds. The standard InChI is InChI=1S/C43H34O8P2.C26H24O8P2/c1-31(47-53(45,50-42-28-12-20-34-16-4-8-24-38(34)42)51-43-29-13-21-35-17-5-9-25-39(35)43)30-46-52(44,48-40-26-10-18-32-14-2-6-22-36(32)40)49-41-27-11-19-33-15-3-7-23-37(33)41;27-35(31-23-13-5-1-6-14-23,32-24-15-7-2-8-16-24)29-21-22-30-36(28,33-25-17-9-3-10-18-25)34-26-19-11-4-12-20-26/h2-29,31H,30H2,1H3;1-20H,21-22H2.